The Bertz CT molecular complexity index is 352. The Morgan fingerprint density at radius 3 is 2.79 bits per heavy atom. The monoisotopic (exact) mass is 195 g/mol. The molecular weight excluding hydrogens is 182 g/mol. The van der Waals surface area contributed by atoms with Crippen molar-refractivity contribution >= 4 is 5.69 Å². The SMILES string of the molecule is COCCOc1c(N)cc(C#N)n1C. The molecular formula is C9H13N3O2. The summed E-state index contributed by atoms with van der Waals surface area (Å²) >= 11 is 0. The van der Waals surface area contributed by atoms with Gasteiger partial charge in [0.15, 0.2) is 0 Å². The molecule has 0 fully saturated rings. The van der Waals surface area contributed by atoms with Crippen LogP contribution in [-0.2, 0) is 11.8 Å². The zero-order chi connectivity index (χ0) is 10.6. The third kappa shape index (κ3) is 1.98. The molecule has 5 heteroatoms. The number of nitriles is 1. The van der Waals surface area contributed by atoms with Crippen LogP contribution in [0.4, 0.5) is 5.69 Å². The summed E-state index contributed by atoms with van der Waals surface area (Å²) in [5.41, 5.74) is 6.62. The van der Waals surface area contributed by atoms with Crippen molar-refractivity contribution in [2.24, 2.45) is 7.05 Å². The van der Waals surface area contributed by atoms with Crippen LogP contribution >= 0.6 is 0 Å². The summed E-state index contributed by atoms with van der Waals surface area (Å²) < 4.78 is 11.8. The van der Waals surface area contributed by atoms with Crippen LogP contribution in [0.3, 0.4) is 0 Å². The van der Waals surface area contributed by atoms with Crippen LogP contribution in [0.1, 0.15) is 5.69 Å². The van der Waals surface area contributed by atoms with Gasteiger partial charge in [-0.05, 0) is 0 Å². The van der Waals surface area contributed by atoms with Gasteiger partial charge in [-0.1, -0.05) is 0 Å². The van der Waals surface area contributed by atoms with Crippen LogP contribution in [0.5, 0.6) is 5.88 Å². The zero-order valence-corrected chi connectivity index (χ0v) is 8.28. The summed E-state index contributed by atoms with van der Waals surface area (Å²) in [6.07, 6.45) is 0. The number of nitrogens with zero attached hydrogens (tertiary/aromatic N) is 2. The molecule has 0 spiro atoms. The molecule has 0 saturated carbocycles. The standard InChI is InChI=1S/C9H13N3O2/c1-12-7(6-10)5-8(11)9(12)14-4-3-13-2/h5H,3-4,11H2,1-2H3. The molecule has 0 radical (unpaired) electrons. The van der Waals surface area contributed by atoms with E-state index in [9.17, 15) is 0 Å². The number of hydrogen-bond acceptors (Lipinski definition) is 4. The van der Waals surface area contributed by atoms with E-state index in [2.05, 4.69) is 0 Å². The molecule has 0 aliphatic rings. The first-order chi connectivity index (χ1) is 6.70. The lowest BCUT2D eigenvalue weighted by Crippen LogP contribution is -2.08. The van der Waals surface area contributed by atoms with Gasteiger partial charge in [-0.15, -0.1) is 0 Å². The molecule has 0 amide bonds. The second kappa shape index (κ2) is 4.53. The minimum Gasteiger partial charge on any atom is -0.475 e. The Hall–Kier alpha value is -1.67. The third-order valence-corrected chi connectivity index (χ3v) is 1.85. The van der Waals surface area contributed by atoms with Gasteiger partial charge in [-0.3, -0.25) is 0 Å². The summed E-state index contributed by atoms with van der Waals surface area (Å²) in [4.78, 5) is 0. The molecule has 0 bridgehead atoms. The van der Waals surface area contributed by atoms with E-state index in [4.69, 9.17) is 20.5 Å². The van der Waals surface area contributed by atoms with Gasteiger partial charge in [0.05, 0.1) is 12.3 Å². The van der Waals surface area contributed by atoms with E-state index >= 15 is 0 Å². The number of nitrogens with two attached hydrogens (primary N) is 1. The number of hydrogen-bond donors (Lipinski definition) is 1. The fourth-order valence-electron chi connectivity index (χ4n) is 1.12. The predicted molar refractivity (Wildman–Crippen MR) is 51.9 cm³/mol. The second-order valence-electron chi connectivity index (χ2n) is 2.80. The fraction of sp³-hybridized carbons (Fsp3) is 0.444. The second-order valence-corrected chi connectivity index (χ2v) is 2.80. The van der Waals surface area contributed by atoms with Gasteiger partial charge < -0.3 is 19.8 Å². The van der Waals surface area contributed by atoms with Gasteiger partial charge in [0.1, 0.15) is 18.4 Å². The van der Waals surface area contributed by atoms with Crippen molar-refractivity contribution in [1.82, 2.24) is 4.57 Å². The van der Waals surface area contributed by atoms with Gasteiger partial charge in [-0.25, -0.2) is 0 Å². The van der Waals surface area contributed by atoms with E-state index in [1.807, 2.05) is 6.07 Å². The average molecular weight is 195 g/mol. The first-order valence-corrected chi connectivity index (χ1v) is 4.17. The maximum absolute atomic E-state index is 8.72. The molecule has 0 atom stereocenters. The number of aromatic nitrogens is 1. The van der Waals surface area contributed by atoms with Gasteiger partial charge in [0.25, 0.3) is 0 Å². The van der Waals surface area contributed by atoms with Crippen LogP contribution in [0.25, 0.3) is 0 Å². The van der Waals surface area contributed by atoms with Gasteiger partial charge in [0, 0.05) is 20.2 Å². The largest absolute Gasteiger partial charge is 0.475 e. The van der Waals surface area contributed by atoms with Crippen LogP contribution in [0.15, 0.2) is 6.07 Å². The number of ether oxygens (including phenoxy) is 2. The normalized spacial score (nSPS) is 9.79. The van der Waals surface area contributed by atoms with E-state index in [0.717, 1.165) is 0 Å². The third-order valence-electron chi connectivity index (χ3n) is 1.85. The van der Waals surface area contributed by atoms with Gasteiger partial charge >= 0.3 is 0 Å². The topological polar surface area (TPSA) is 73.2 Å². The Balaban J connectivity index is 2.76. The van der Waals surface area contributed by atoms with E-state index in [1.54, 1.807) is 24.8 Å². The van der Waals surface area contributed by atoms with Crippen LogP contribution < -0.4 is 10.5 Å². The number of methoxy groups -OCH3 is 1. The highest BCUT2D eigenvalue weighted by molar-refractivity contribution is 5.54. The van der Waals surface area contributed by atoms with Crippen molar-refractivity contribution in [3.63, 3.8) is 0 Å². The van der Waals surface area contributed by atoms with Crippen LogP contribution in [0, 0.1) is 11.3 Å². The lowest BCUT2D eigenvalue weighted by molar-refractivity contribution is 0.142. The summed E-state index contributed by atoms with van der Waals surface area (Å²) in [5.74, 6) is 0.513. The van der Waals surface area contributed by atoms with Crippen LogP contribution in [0.2, 0.25) is 0 Å². The van der Waals surface area contributed by atoms with Crippen molar-refractivity contribution in [3.05, 3.63) is 11.8 Å². The lowest BCUT2D eigenvalue weighted by atomic mass is 10.4. The molecule has 14 heavy (non-hydrogen) atoms. The molecule has 76 valence electrons. The fourth-order valence-corrected chi connectivity index (χ4v) is 1.12. The molecule has 1 aromatic rings. The first-order valence-electron chi connectivity index (χ1n) is 4.17. The molecule has 1 heterocycles. The number of nitrogen functional groups attached to an aromatic ring is 1. The van der Waals surface area contributed by atoms with E-state index < -0.39 is 0 Å². The van der Waals surface area contributed by atoms with Crippen LogP contribution in [-0.4, -0.2) is 24.9 Å². The summed E-state index contributed by atoms with van der Waals surface area (Å²) in [6.45, 7) is 0.913. The van der Waals surface area contributed by atoms with Crippen molar-refractivity contribution in [3.8, 4) is 11.9 Å². The summed E-state index contributed by atoms with van der Waals surface area (Å²) in [7, 11) is 3.33. The molecule has 5 nitrogen and oxygen atoms in total. The number of rotatable bonds is 4. The minimum absolute atomic E-state index is 0.420. The zero-order valence-electron chi connectivity index (χ0n) is 8.28. The highest BCUT2D eigenvalue weighted by Crippen LogP contribution is 2.24. The average Bonchev–Trinajstić information content (AvgIpc) is 2.45. The maximum Gasteiger partial charge on any atom is 0.218 e. The molecule has 0 unspecified atom stereocenters. The molecule has 0 saturated heterocycles. The molecule has 1 rings (SSSR count). The smallest absolute Gasteiger partial charge is 0.218 e. The van der Waals surface area contributed by atoms with E-state index in [0.29, 0.717) is 30.5 Å². The Morgan fingerprint density at radius 1 is 1.57 bits per heavy atom. The van der Waals surface area contributed by atoms with Gasteiger partial charge in [-0.2, -0.15) is 5.26 Å². The van der Waals surface area contributed by atoms with Crippen molar-refractivity contribution in [1.29, 1.82) is 5.26 Å². The maximum atomic E-state index is 8.72. The Labute approximate surface area is 82.6 Å². The van der Waals surface area contributed by atoms with Crippen molar-refractivity contribution < 1.29 is 9.47 Å². The van der Waals surface area contributed by atoms with E-state index in [-0.39, 0.29) is 0 Å². The molecule has 0 aliphatic heterocycles. The molecule has 2 N–H and O–H groups in total. The quantitative estimate of drug-likeness (QED) is 0.710. The minimum atomic E-state index is 0.420. The summed E-state index contributed by atoms with van der Waals surface area (Å²) in [5, 5.41) is 8.72. The van der Waals surface area contributed by atoms with E-state index in [1.165, 1.54) is 0 Å². The molecule has 0 aliphatic carbocycles. The van der Waals surface area contributed by atoms with Crippen molar-refractivity contribution in [2.45, 2.75) is 0 Å². The lowest BCUT2D eigenvalue weighted by Gasteiger charge is -2.07. The highest BCUT2D eigenvalue weighted by Gasteiger charge is 2.10. The highest BCUT2D eigenvalue weighted by atomic mass is 16.5. The Morgan fingerprint density at radius 2 is 2.29 bits per heavy atom. The number of anilines is 1. The van der Waals surface area contributed by atoms with Gasteiger partial charge in [0.2, 0.25) is 5.88 Å². The predicted octanol–water partition coefficient (Wildman–Crippen LogP) is 0.504. The first kappa shape index (κ1) is 10.4. The van der Waals surface area contributed by atoms with Crippen molar-refractivity contribution in [2.75, 3.05) is 26.1 Å². The Kier molecular flexibility index (Phi) is 3.37. The summed E-state index contributed by atoms with van der Waals surface area (Å²) in [6, 6.07) is 3.60. The molecule has 1 aromatic heterocycles. The molecule has 0 aromatic carbocycles.